The highest BCUT2D eigenvalue weighted by atomic mass is 16.2. The number of nitrogens with one attached hydrogen (secondary N) is 1. The third kappa shape index (κ3) is 3.71. The van der Waals surface area contributed by atoms with Crippen LogP contribution in [0.4, 0.5) is 0 Å². The topological polar surface area (TPSA) is 95.3 Å². The third-order valence-electron chi connectivity index (χ3n) is 5.74. The molecule has 3 N–H and O–H groups in total. The van der Waals surface area contributed by atoms with Crippen LogP contribution in [0, 0.1) is 19.8 Å². The normalized spacial score (nSPS) is 23.7. The van der Waals surface area contributed by atoms with E-state index in [1.807, 2.05) is 23.6 Å². The van der Waals surface area contributed by atoms with Crippen LogP contribution in [0.5, 0.6) is 0 Å². The average Bonchev–Trinajstić information content (AvgIpc) is 2.93. The average molecular weight is 347 g/mol. The van der Waals surface area contributed by atoms with Crippen LogP contribution in [0.2, 0.25) is 0 Å². The number of nitrogens with two attached hydrogens (primary N) is 1. The summed E-state index contributed by atoms with van der Waals surface area (Å²) in [7, 11) is 0. The maximum atomic E-state index is 12.7. The Kier molecular flexibility index (Phi) is 5.42. The van der Waals surface area contributed by atoms with Crippen molar-refractivity contribution in [3.05, 3.63) is 17.0 Å². The van der Waals surface area contributed by atoms with E-state index >= 15 is 0 Å². The zero-order chi connectivity index (χ0) is 18.0. The quantitative estimate of drug-likeness (QED) is 0.822. The number of nitrogens with zero attached hydrogens (tertiary/aromatic N) is 3. The van der Waals surface area contributed by atoms with Gasteiger partial charge in [-0.3, -0.25) is 14.7 Å². The molecule has 7 nitrogen and oxygen atoms in total. The van der Waals surface area contributed by atoms with Gasteiger partial charge < -0.3 is 15.5 Å². The molecule has 0 bridgehead atoms. The van der Waals surface area contributed by atoms with Crippen molar-refractivity contribution in [2.24, 2.45) is 11.7 Å². The molecular weight excluding hydrogens is 318 g/mol. The zero-order valence-electron chi connectivity index (χ0n) is 15.3. The first-order valence-electron chi connectivity index (χ1n) is 9.29. The predicted molar refractivity (Wildman–Crippen MR) is 94.9 cm³/mol. The fourth-order valence-electron chi connectivity index (χ4n) is 4.34. The highest BCUT2D eigenvalue weighted by Gasteiger charge is 2.39. The van der Waals surface area contributed by atoms with Gasteiger partial charge in [-0.2, -0.15) is 5.10 Å². The third-order valence-corrected chi connectivity index (χ3v) is 5.74. The van der Waals surface area contributed by atoms with E-state index in [0.29, 0.717) is 31.8 Å². The molecule has 2 aliphatic heterocycles. The first-order valence-corrected chi connectivity index (χ1v) is 9.29. The Balaban J connectivity index is 1.57. The number of aryl methyl sites for hydroxylation is 2. The number of hydrogen-bond acceptors (Lipinski definition) is 4. The van der Waals surface area contributed by atoms with Crippen LogP contribution in [-0.2, 0) is 16.0 Å². The standard InChI is InChI=1S/C18H29N5O2/c1-12-15(13(2)21-20-12)4-6-17(24)22-9-7-16-14(11-22)3-5-18(25)23(16)10-8-19/h14,16H,3-11,19H2,1-2H3,(H,20,21). The number of aromatic nitrogens is 2. The lowest BCUT2D eigenvalue weighted by atomic mass is 9.83. The van der Waals surface area contributed by atoms with Crippen molar-refractivity contribution in [1.29, 1.82) is 0 Å². The lowest BCUT2D eigenvalue weighted by Gasteiger charge is -2.47. The van der Waals surface area contributed by atoms with Gasteiger partial charge in [0.05, 0.1) is 5.69 Å². The van der Waals surface area contributed by atoms with Gasteiger partial charge in [0.1, 0.15) is 0 Å². The maximum absolute atomic E-state index is 12.7. The maximum Gasteiger partial charge on any atom is 0.222 e. The molecule has 0 aromatic carbocycles. The molecule has 2 saturated heterocycles. The minimum atomic E-state index is 0.209. The highest BCUT2D eigenvalue weighted by molar-refractivity contribution is 5.78. The Morgan fingerprint density at radius 3 is 2.84 bits per heavy atom. The Morgan fingerprint density at radius 2 is 2.16 bits per heavy atom. The monoisotopic (exact) mass is 347 g/mol. The lowest BCUT2D eigenvalue weighted by molar-refractivity contribution is -0.144. The van der Waals surface area contributed by atoms with E-state index in [9.17, 15) is 9.59 Å². The highest BCUT2D eigenvalue weighted by Crippen LogP contribution is 2.31. The van der Waals surface area contributed by atoms with E-state index in [1.54, 1.807) is 0 Å². The van der Waals surface area contributed by atoms with Crippen molar-refractivity contribution in [3.63, 3.8) is 0 Å². The van der Waals surface area contributed by atoms with Crippen molar-refractivity contribution >= 4 is 11.8 Å². The van der Waals surface area contributed by atoms with Gasteiger partial charge in [-0.05, 0) is 44.6 Å². The molecule has 1 aromatic rings. The molecule has 3 rings (SSSR count). The molecule has 25 heavy (non-hydrogen) atoms. The summed E-state index contributed by atoms with van der Waals surface area (Å²) in [6, 6.07) is 0.257. The number of likely N-dealkylation sites (tertiary alicyclic amines) is 2. The predicted octanol–water partition coefficient (Wildman–Crippen LogP) is 0.757. The van der Waals surface area contributed by atoms with Crippen molar-refractivity contribution in [1.82, 2.24) is 20.0 Å². The first kappa shape index (κ1) is 17.9. The molecule has 0 spiro atoms. The second-order valence-electron chi connectivity index (χ2n) is 7.28. The Labute approximate surface area is 148 Å². The van der Waals surface area contributed by atoms with Gasteiger partial charge in [-0.1, -0.05) is 0 Å². The van der Waals surface area contributed by atoms with Crippen molar-refractivity contribution in [2.75, 3.05) is 26.2 Å². The molecule has 2 unspecified atom stereocenters. The minimum absolute atomic E-state index is 0.209. The smallest absolute Gasteiger partial charge is 0.222 e. The number of hydrogen-bond donors (Lipinski definition) is 2. The number of aromatic amines is 1. The molecule has 2 aliphatic rings. The first-order chi connectivity index (χ1) is 12.0. The number of carbonyl (C=O) groups excluding carboxylic acids is 2. The summed E-state index contributed by atoms with van der Waals surface area (Å²) in [4.78, 5) is 28.7. The van der Waals surface area contributed by atoms with Crippen LogP contribution in [0.1, 0.15) is 42.6 Å². The molecule has 2 amide bonds. The number of H-pyrrole nitrogens is 1. The van der Waals surface area contributed by atoms with Crippen molar-refractivity contribution in [2.45, 2.75) is 52.0 Å². The van der Waals surface area contributed by atoms with E-state index in [1.165, 1.54) is 0 Å². The summed E-state index contributed by atoms with van der Waals surface area (Å²) in [5.41, 5.74) is 8.84. The minimum Gasteiger partial charge on any atom is -0.342 e. The fourth-order valence-corrected chi connectivity index (χ4v) is 4.34. The second-order valence-corrected chi connectivity index (χ2v) is 7.28. The Bertz CT molecular complexity index is 622. The van der Waals surface area contributed by atoms with Gasteiger partial charge in [0.2, 0.25) is 11.8 Å². The second kappa shape index (κ2) is 7.56. The van der Waals surface area contributed by atoms with Gasteiger partial charge in [0.15, 0.2) is 0 Å². The summed E-state index contributed by atoms with van der Waals surface area (Å²) in [6.07, 6.45) is 3.58. The van der Waals surface area contributed by atoms with Crippen molar-refractivity contribution < 1.29 is 9.59 Å². The number of amides is 2. The molecule has 0 radical (unpaired) electrons. The van der Waals surface area contributed by atoms with E-state index in [4.69, 9.17) is 5.73 Å². The van der Waals surface area contributed by atoms with E-state index in [2.05, 4.69) is 10.2 Å². The van der Waals surface area contributed by atoms with Crippen LogP contribution in [-0.4, -0.2) is 64.0 Å². The van der Waals surface area contributed by atoms with Crippen LogP contribution in [0.3, 0.4) is 0 Å². The molecule has 2 atom stereocenters. The van der Waals surface area contributed by atoms with Crippen LogP contribution >= 0.6 is 0 Å². The van der Waals surface area contributed by atoms with E-state index in [0.717, 1.165) is 49.3 Å². The molecule has 0 saturated carbocycles. The SMILES string of the molecule is Cc1n[nH]c(C)c1CCC(=O)N1CCC2C(CCC(=O)N2CCN)C1. The Hall–Kier alpha value is -1.89. The van der Waals surface area contributed by atoms with Crippen LogP contribution < -0.4 is 5.73 Å². The molecule has 2 fully saturated rings. The van der Waals surface area contributed by atoms with Gasteiger partial charge in [0.25, 0.3) is 0 Å². The van der Waals surface area contributed by atoms with Crippen LogP contribution in [0.25, 0.3) is 0 Å². The van der Waals surface area contributed by atoms with Crippen molar-refractivity contribution in [3.8, 4) is 0 Å². The van der Waals surface area contributed by atoms with Gasteiger partial charge in [-0.15, -0.1) is 0 Å². The van der Waals surface area contributed by atoms with Gasteiger partial charge >= 0.3 is 0 Å². The fraction of sp³-hybridized carbons (Fsp3) is 0.722. The number of fused-ring (bicyclic) bond motifs is 1. The number of carbonyl (C=O) groups is 2. The molecular formula is C18H29N5O2. The molecule has 1 aromatic heterocycles. The van der Waals surface area contributed by atoms with E-state index in [-0.39, 0.29) is 17.9 Å². The van der Waals surface area contributed by atoms with Gasteiger partial charge in [0, 0.05) is 50.8 Å². The van der Waals surface area contributed by atoms with E-state index < -0.39 is 0 Å². The summed E-state index contributed by atoms with van der Waals surface area (Å²) in [5, 5.41) is 7.17. The van der Waals surface area contributed by atoms with Crippen LogP contribution in [0.15, 0.2) is 0 Å². The largest absolute Gasteiger partial charge is 0.342 e. The molecule has 0 aliphatic carbocycles. The molecule has 7 heteroatoms. The lowest BCUT2D eigenvalue weighted by Crippen LogP contribution is -2.57. The molecule has 3 heterocycles. The summed E-state index contributed by atoms with van der Waals surface area (Å²) in [5.74, 6) is 0.817. The summed E-state index contributed by atoms with van der Waals surface area (Å²) < 4.78 is 0. The summed E-state index contributed by atoms with van der Waals surface area (Å²) in [6.45, 7) is 6.60. The number of piperidine rings is 2. The zero-order valence-corrected chi connectivity index (χ0v) is 15.3. The Morgan fingerprint density at radius 1 is 1.36 bits per heavy atom. The summed E-state index contributed by atoms with van der Waals surface area (Å²) >= 11 is 0. The molecule has 138 valence electrons. The number of rotatable bonds is 5. The van der Waals surface area contributed by atoms with Gasteiger partial charge in [-0.25, -0.2) is 0 Å².